The molecule has 17 heavy (non-hydrogen) atoms. The second-order valence-electron chi connectivity index (χ2n) is 4.56. The summed E-state index contributed by atoms with van der Waals surface area (Å²) in [7, 11) is 0. The number of nitrogens with one attached hydrogen (secondary N) is 1. The summed E-state index contributed by atoms with van der Waals surface area (Å²) < 4.78 is 13.2. The van der Waals surface area contributed by atoms with Crippen molar-refractivity contribution >= 4 is 11.6 Å². The second-order valence-corrected chi connectivity index (χ2v) is 4.56. The Morgan fingerprint density at radius 3 is 2.82 bits per heavy atom. The summed E-state index contributed by atoms with van der Waals surface area (Å²) in [4.78, 5) is 11.7. The van der Waals surface area contributed by atoms with Crippen molar-refractivity contribution in [2.24, 2.45) is 11.7 Å². The number of hydrogen-bond acceptors (Lipinski definition) is 2. The highest BCUT2D eigenvalue weighted by atomic mass is 19.1. The molecule has 1 amide bonds. The quantitative estimate of drug-likeness (QED) is 0.843. The van der Waals surface area contributed by atoms with Gasteiger partial charge in [-0.1, -0.05) is 6.42 Å². The van der Waals surface area contributed by atoms with E-state index in [9.17, 15) is 9.18 Å². The van der Waals surface area contributed by atoms with E-state index >= 15 is 0 Å². The Kier molecular flexibility index (Phi) is 3.74. The molecule has 4 heteroatoms. The van der Waals surface area contributed by atoms with Crippen molar-refractivity contribution in [1.82, 2.24) is 0 Å². The maximum absolute atomic E-state index is 13.2. The Labute approximate surface area is 100 Å². The molecular formula is C13H17FN2O. The summed E-state index contributed by atoms with van der Waals surface area (Å²) in [5, 5.41) is 2.78. The number of amides is 1. The van der Waals surface area contributed by atoms with E-state index in [1.807, 2.05) is 0 Å². The van der Waals surface area contributed by atoms with E-state index in [2.05, 4.69) is 5.32 Å². The van der Waals surface area contributed by atoms with Gasteiger partial charge in [0.1, 0.15) is 5.82 Å². The minimum Gasteiger partial charge on any atom is -0.326 e. The van der Waals surface area contributed by atoms with E-state index in [-0.39, 0.29) is 18.3 Å². The van der Waals surface area contributed by atoms with Gasteiger partial charge in [0, 0.05) is 24.2 Å². The average molecular weight is 236 g/mol. The van der Waals surface area contributed by atoms with E-state index in [1.165, 1.54) is 12.5 Å². The molecule has 1 aliphatic carbocycles. The largest absolute Gasteiger partial charge is 0.326 e. The number of carbonyl (C=O) groups excluding carboxylic acids is 1. The van der Waals surface area contributed by atoms with Crippen molar-refractivity contribution < 1.29 is 9.18 Å². The van der Waals surface area contributed by atoms with Crippen molar-refractivity contribution in [2.45, 2.75) is 32.2 Å². The molecule has 1 aromatic rings. The standard InChI is InChI=1S/C13H17FN2O/c14-12-5-4-11(7-10(12)8-15)16-13(17)6-9-2-1-3-9/h4-5,7,9H,1-3,6,8,15H2,(H,16,17). The maximum Gasteiger partial charge on any atom is 0.224 e. The third-order valence-electron chi connectivity index (χ3n) is 3.25. The van der Waals surface area contributed by atoms with E-state index in [1.54, 1.807) is 12.1 Å². The lowest BCUT2D eigenvalue weighted by molar-refractivity contribution is -0.117. The van der Waals surface area contributed by atoms with Crippen LogP contribution in [0.15, 0.2) is 18.2 Å². The summed E-state index contributed by atoms with van der Waals surface area (Å²) in [6, 6.07) is 4.49. The molecule has 0 bridgehead atoms. The second kappa shape index (κ2) is 5.27. The third kappa shape index (κ3) is 3.03. The van der Waals surface area contributed by atoms with Crippen LogP contribution in [0, 0.1) is 11.7 Å². The topological polar surface area (TPSA) is 55.1 Å². The van der Waals surface area contributed by atoms with Crippen LogP contribution in [0.1, 0.15) is 31.2 Å². The Morgan fingerprint density at radius 1 is 1.47 bits per heavy atom. The van der Waals surface area contributed by atoms with Gasteiger partial charge in [-0.25, -0.2) is 4.39 Å². The van der Waals surface area contributed by atoms with Crippen molar-refractivity contribution in [2.75, 3.05) is 5.32 Å². The molecule has 3 N–H and O–H groups in total. The molecule has 0 unspecified atom stereocenters. The van der Waals surface area contributed by atoms with Gasteiger partial charge in [-0.05, 0) is 37.0 Å². The van der Waals surface area contributed by atoms with Gasteiger partial charge in [0.25, 0.3) is 0 Å². The summed E-state index contributed by atoms with van der Waals surface area (Å²) in [5.41, 5.74) is 6.45. The van der Waals surface area contributed by atoms with Crippen LogP contribution in [-0.2, 0) is 11.3 Å². The number of hydrogen-bond donors (Lipinski definition) is 2. The van der Waals surface area contributed by atoms with Gasteiger partial charge in [0.15, 0.2) is 0 Å². The first kappa shape index (κ1) is 12.0. The molecule has 1 aliphatic rings. The number of carbonyl (C=O) groups is 1. The molecule has 0 heterocycles. The molecule has 0 saturated heterocycles. The number of benzene rings is 1. The van der Waals surface area contributed by atoms with Crippen molar-refractivity contribution in [1.29, 1.82) is 0 Å². The van der Waals surface area contributed by atoms with Crippen LogP contribution in [0.2, 0.25) is 0 Å². The molecule has 0 spiro atoms. The van der Waals surface area contributed by atoms with Gasteiger partial charge in [0.2, 0.25) is 5.91 Å². The lowest BCUT2D eigenvalue weighted by Crippen LogP contribution is -2.21. The lowest BCUT2D eigenvalue weighted by Gasteiger charge is -2.24. The SMILES string of the molecule is NCc1cc(NC(=O)CC2CCC2)ccc1F. The number of nitrogens with two attached hydrogens (primary N) is 1. The van der Waals surface area contributed by atoms with Gasteiger partial charge in [-0.15, -0.1) is 0 Å². The van der Waals surface area contributed by atoms with Crippen LogP contribution in [-0.4, -0.2) is 5.91 Å². The number of rotatable bonds is 4. The predicted octanol–water partition coefficient (Wildman–Crippen LogP) is 2.41. The molecule has 0 aromatic heterocycles. The van der Waals surface area contributed by atoms with Gasteiger partial charge < -0.3 is 11.1 Å². The van der Waals surface area contributed by atoms with Crippen molar-refractivity contribution in [3.8, 4) is 0 Å². The maximum atomic E-state index is 13.2. The first-order valence-corrected chi connectivity index (χ1v) is 5.97. The minimum atomic E-state index is -0.329. The van der Waals surface area contributed by atoms with E-state index < -0.39 is 0 Å². The van der Waals surface area contributed by atoms with Gasteiger partial charge in [-0.2, -0.15) is 0 Å². The highest BCUT2D eigenvalue weighted by Crippen LogP contribution is 2.29. The van der Waals surface area contributed by atoms with Gasteiger partial charge >= 0.3 is 0 Å². The van der Waals surface area contributed by atoms with Crippen LogP contribution in [0.3, 0.4) is 0 Å². The molecule has 92 valence electrons. The van der Waals surface area contributed by atoms with Gasteiger partial charge in [0.05, 0.1) is 0 Å². The molecule has 1 saturated carbocycles. The van der Waals surface area contributed by atoms with Crippen molar-refractivity contribution in [3.63, 3.8) is 0 Å². The van der Waals surface area contributed by atoms with E-state index in [4.69, 9.17) is 5.73 Å². The highest BCUT2D eigenvalue weighted by molar-refractivity contribution is 5.90. The molecule has 3 nitrogen and oxygen atoms in total. The fraction of sp³-hybridized carbons (Fsp3) is 0.462. The minimum absolute atomic E-state index is 0.00396. The Hall–Kier alpha value is -1.42. The fourth-order valence-corrected chi connectivity index (χ4v) is 1.98. The molecule has 0 atom stereocenters. The Balaban J connectivity index is 1.95. The Bertz CT molecular complexity index is 416. The first-order chi connectivity index (χ1) is 8.19. The first-order valence-electron chi connectivity index (χ1n) is 5.97. The van der Waals surface area contributed by atoms with E-state index in [0.29, 0.717) is 23.6 Å². The summed E-state index contributed by atoms with van der Waals surface area (Å²) >= 11 is 0. The zero-order chi connectivity index (χ0) is 12.3. The molecule has 1 aromatic carbocycles. The predicted molar refractivity (Wildman–Crippen MR) is 64.9 cm³/mol. The summed E-state index contributed by atoms with van der Waals surface area (Å²) in [6.45, 7) is 0.137. The monoisotopic (exact) mass is 236 g/mol. The highest BCUT2D eigenvalue weighted by Gasteiger charge is 2.20. The number of halogens is 1. The third-order valence-corrected chi connectivity index (χ3v) is 3.25. The van der Waals surface area contributed by atoms with E-state index in [0.717, 1.165) is 12.8 Å². The zero-order valence-corrected chi connectivity index (χ0v) is 9.71. The zero-order valence-electron chi connectivity index (χ0n) is 9.71. The molecule has 0 radical (unpaired) electrons. The normalized spacial score (nSPS) is 15.4. The molecule has 2 rings (SSSR count). The average Bonchev–Trinajstić information content (AvgIpc) is 2.26. The summed E-state index contributed by atoms with van der Waals surface area (Å²) in [6.07, 6.45) is 4.08. The molecule has 0 aliphatic heterocycles. The van der Waals surface area contributed by atoms with Crippen LogP contribution in [0.4, 0.5) is 10.1 Å². The van der Waals surface area contributed by atoms with Gasteiger partial charge in [-0.3, -0.25) is 4.79 Å². The molecule has 1 fully saturated rings. The smallest absolute Gasteiger partial charge is 0.224 e. The van der Waals surface area contributed by atoms with Crippen LogP contribution in [0.5, 0.6) is 0 Å². The van der Waals surface area contributed by atoms with Crippen LogP contribution < -0.4 is 11.1 Å². The lowest BCUT2D eigenvalue weighted by atomic mass is 9.83. The Morgan fingerprint density at radius 2 is 2.24 bits per heavy atom. The fourth-order valence-electron chi connectivity index (χ4n) is 1.98. The number of anilines is 1. The summed E-state index contributed by atoms with van der Waals surface area (Å²) in [5.74, 6) is 0.207. The van der Waals surface area contributed by atoms with Crippen LogP contribution >= 0.6 is 0 Å². The van der Waals surface area contributed by atoms with Crippen LogP contribution in [0.25, 0.3) is 0 Å². The van der Waals surface area contributed by atoms with Crippen molar-refractivity contribution in [3.05, 3.63) is 29.6 Å². The molecular weight excluding hydrogens is 219 g/mol.